The van der Waals surface area contributed by atoms with Crippen LogP contribution in [-0.4, -0.2) is 16.9 Å². The largest absolute Gasteiger partial charge is 0.362 e. The molecule has 0 saturated carbocycles. The number of carbonyl (C=O) groups excluding carboxylic acids is 2. The van der Waals surface area contributed by atoms with Crippen molar-refractivity contribution in [2.75, 3.05) is 0 Å². The van der Waals surface area contributed by atoms with Gasteiger partial charge in [-0.15, -0.1) is 0 Å². The highest BCUT2D eigenvalue weighted by Gasteiger charge is 2.16. The summed E-state index contributed by atoms with van der Waals surface area (Å²) in [7, 11) is 0. The molecule has 0 aliphatic heterocycles. The van der Waals surface area contributed by atoms with Gasteiger partial charge >= 0.3 is 11.9 Å². The first-order chi connectivity index (χ1) is 10.7. The molecule has 0 bridgehead atoms. The van der Waals surface area contributed by atoms with Crippen molar-refractivity contribution < 1.29 is 14.4 Å². The van der Waals surface area contributed by atoms with Crippen LogP contribution in [0.3, 0.4) is 0 Å². The summed E-state index contributed by atoms with van der Waals surface area (Å²) in [5.41, 5.74) is 4.60. The van der Waals surface area contributed by atoms with Gasteiger partial charge in [0.15, 0.2) is 0 Å². The van der Waals surface area contributed by atoms with Crippen LogP contribution in [0.15, 0.2) is 54.6 Å². The lowest BCUT2D eigenvalue weighted by atomic mass is 10.1. The first kappa shape index (κ1) is 13.9. The molecule has 0 spiro atoms. The number of H-pyrrole nitrogens is 1. The third-order valence-corrected chi connectivity index (χ3v) is 3.44. The number of rotatable bonds is 2. The highest BCUT2D eigenvalue weighted by molar-refractivity contribution is 6.01. The summed E-state index contributed by atoms with van der Waals surface area (Å²) in [5, 5.41) is 0.960. The number of aromatic amines is 1. The predicted molar refractivity (Wildman–Crippen MR) is 82.4 cm³/mol. The molecule has 5 heteroatoms. The molecule has 0 fully saturated rings. The lowest BCUT2D eigenvalue weighted by molar-refractivity contribution is 0.0228. The maximum atomic E-state index is 12.2. The third kappa shape index (κ3) is 2.56. The molecule has 0 radical (unpaired) electrons. The van der Waals surface area contributed by atoms with E-state index in [1.807, 2.05) is 31.2 Å². The summed E-state index contributed by atoms with van der Waals surface area (Å²) in [4.78, 5) is 31.8. The van der Waals surface area contributed by atoms with Crippen molar-refractivity contribution in [1.29, 1.82) is 0 Å². The Hall–Kier alpha value is -3.08. The van der Waals surface area contributed by atoms with Gasteiger partial charge in [-0.3, -0.25) is 4.79 Å². The van der Waals surface area contributed by atoms with Gasteiger partial charge in [-0.05, 0) is 30.7 Å². The van der Waals surface area contributed by atoms with Crippen LogP contribution in [0.5, 0.6) is 0 Å². The number of nitrogens with one attached hydrogen (secondary N) is 2. The van der Waals surface area contributed by atoms with Crippen molar-refractivity contribution in [2.24, 2.45) is 0 Å². The molecule has 0 saturated heterocycles. The van der Waals surface area contributed by atoms with Crippen LogP contribution in [0, 0.1) is 6.92 Å². The average Bonchev–Trinajstić information content (AvgIpc) is 2.90. The number of para-hydroxylation sites is 1. The Balaban J connectivity index is 1.74. The van der Waals surface area contributed by atoms with Gasteiger partial charge in [0.1, 0.15) is 5.69 Å². The molecule has 0 aliphatic carbocycles. The normalized spacial score (nSPS) is 10.4. The minimum absolute atomic E-state index is 0.371. The fraction of sp³-hybridized carbons (Fsp3) is 0.0588. The number of hydrogen-bond donors (Lipinski definition) is 2. The first-order valence-corrected chi connectivity index (χ1v) is 6.80. The Kier molecular flexibility index (Phi) is 3.62. The Morgan fingerprint density at radius 1 is 1.00 bits per heavy atom. The molecule has 22 heavy (non-hydrogen) atoms. The smallest absolute Gasteiger partial charge is 0.350 e. The molecule has 3 aromatic rings. The number of aromatic nitrogens is 1. The summed E-state index contributed by atoms with van der Waals surface area (Å²) in [6.45, 7) is 1.84. The minimum atomic E-state index is -0.609. The number of hydrogen-bond acceptors (Lipinski definition) is 3. The van der Waals surface area contributed by atoms with Gasteiger partial charge in [0, 0.05) is 10.9 Å². The molecule has 5 nitrogen and oxygen atoms in total. The monoisotopic (exact) mass is 294 g/mol. The second-order valence-corrected chi connectivity index (χ2v) is 4.86. The first-order valence-electron chi connectivity index (χ1n) is 6.80. The molecule has 3 rings (SSSR count). The van der Waals surface area contributed by atoms with Gasteiger partial charge in [0.25, 0.3) is 0 Å². The van der Waals surface area contributed by atoms with E-state index < -0.39 is 11.9 Å². The van der Waals surface area contributed by atoms with Crippen LogP contribution in [0.25, 0.3) is 10.9 Å². The van der Waals surface area contributed by atoms with E-state index >= 15 is 0 Å². The Morgan fingerprint density at radius 2 is 1.68 bits per heavy atom. The van der Waals surface area contributed by atoms with Crippen LogP contribution in [0.4, 0.5) is 0 Å². The fourth-order valence-electron chi connectivity index (χ4n) is 2.29. The molecule has 1 amide bonds. The van der Waals surface area contributed by atoms with Crippen LogP contribution in [0.2, 0.25) is 0 Å². The van der Waals surface area contributed by atoms with Crippen molar-refractivity contribution in [3.05, 3.63) is 71.4 Å². The Morgan fingerprint density at radius 3 is 2.41 bits per heavy atom. The highest BCUT2D eigenvalue weighted by Crippen LogP contribution is 2.21. The number of amides is 1. The van der Waals surface area contributed by atoms with Crippen molar-refractivity contribution in [3.63, 3.8) is 0 Å². The molecular weight excluding hydrogens is 280 g/mol. The van der Waals surface area contributed by atoms with Gasteiger partial charge in [-0.25, -0.2) is 4.79 Å². The van der Waals surface area contributed by atoms with E-state index in [1.54, 1.807) is 30.3 Å². The summed E-state index contributed by atoms with van der Waals surface area (Å²) in [6.07, 6.45) is 0. The van der Waals surface area contributed by atoms with Crippen molar-refractivity contribution in [1.82, 2.24) is 10.5 Å². The van der Waals surface area contributed by atoms with Gasteiger partial charge in [0.2, 0.25) is 0 Å². The Bertz CT molecular complexity index is 837. The molecule has 2 N–H and O–H groups in total. The number of hydroxylamine groups is 1. The van der Waals surface area contributed by atoms with Gasteiger partial charge < -0.3 is 9.82 Å². The van der Waals surface area contributed by atoms with Crippen LogP contribution < -0.4 is 5.48 Å². The molecule has 0 aliphatic rings. The van der Waals surface area contributed by atoms with E-state index in [0.29, 0.717) is 11.3 Å². The van der Waals surface area contributed by atoms with Crippen LogP contribution >= 0.6 is 0 Å². The zero-order valence-corrected chi connectivity index (χ0v) is 11.9. The summed E-state index contributed by atoms with van der Waals surface area (Å²) in [6, 6.07) is 16.1. The summed E-state index contributed by atoms with van der Waals surface area (Å²) in [5.74, 6) is -1.10. The van der Waals surface area contributed by atoms with Crippen molar-refractivity contribution in [3.8, 4) is 0 Å². The lowest BCUT2D eigenvalue weighted by Crippen LogP contribution is -2.27. The zero-order chi connectivity index (χ0) is 15.5. The molecule has 1 aromatic heterocycles. The van der Waals surface area contributed by atoms with Gasteiger partial charge in [-0.1, -0.05) is 36.4 Å². The van der Waals surface area contributed by atoms with E-state index in [4.69, 9.17) is 4.84 Å². The van der Waals surface area contributed by atoms with Crippen LogP contribution in [-0.2, 0) is 4.84 Å². The van der Waals surface area contributed by atoms with E-state index in [9.17, 15) is 9.59 Å². The molecule has 0 unspecified atom stereocenters. The van der Waals surface area contributed by atoms with Gasteiger partial charge in [0.05, 0.1) is 5.56 Å². The average molecular weight is 294 g/mol. The van der Waals surface area contributed by atoms with Gasteiger partial charge in [-0.2, -0.15) is 5.48 Å². The SMILES string of the molecule is Cc1c(C(=O)NOC(=O)c2ccccc2)[nH]c2ccccc12. The standard InChI is InChI=1S/C17H14N2O3/c1-11-13-9-5-6-10-14(13)18-15(11)16(20)19-22-17(21)12-7-3-2-4-8-12/h2-10,18H,1H3,(H,19,20). The molecule has 2 aromatic carbocycles. The summed E-state index contributed by atoms with van der Waals surface area (Å²) >= 11 is 0. The molecule has 1 heterocycles. The lowest BCUT2D eigenvalue weighted by Gasteiger charge is -2.05. The number of carbonyl (C=O) groups is 2. The van der Waals surface area contributed by atoms with Crippen molar-refractivity contribution >= 4 is 22.8 Å². The number of benzene rings is 2. The zero-order valence-electron chi connectivity index (χ0n) is 11.9. The predicted octanol–water partition coefficient (Wildman–Crippen LogP) is 2.98. The summed E-state index contributed by atoms with van der Waals surface area (Å²) < 4.78 is 0. The third-order valence-electron chi connectivity index (χ3n) is 3.44. The van der Waals surface area contributed by atoms with Crippen LogP contribution in [0.1, 0.15) is 26.4 Å². The molecule has 0 atom stereocenters. The quantitative estimate of drug-likeness (QED) is 0.714. The highest BCUT2D eigenvalue weighted by atomic mass is 16.7. The maximum Gasteiger partial charge on any atom is 0.362 e. The minimum Gasteiger partial charge on any atom is -0.350 e. The topological polar surface area (TPSA) is 71.2 Å². The Labute approximate surface area is 126 Å². The number of aryl methyl sites for hydroxylation is 1. The second kappa shape index (κ2) is 5.73. The van der Waals surface area contributed by atoms with E-state index in [1.165, 1.54) is 0 Å². The molecular formula is C17H14N2O3. The number of fused-ring (bicyclic) bond motifs is 1. The van der Waals surface area contributed by atoms with E-state index in [0.717, 1.165) is 16.5 Å². The fourth-order valence-corrected chi connectivity index (χ4v) is 2.29. The van der Waals surface area contributed by atoms with Crippen molar-refractivity contribution in [2.45, 2.75) is 6.92 Å². The molecule has 110 valence electrons. The second-order valence-electron chi connectivity index (χ2n) is 4.86. The van der Waals surface area contributed by atoms with E-state index in [2.05, 4.69) is 10.5 Å². The van der Waals surface area contributed by atoms with E-state index in [-0.39, 0.29) is 0 Å². The maximum absolute atomic E-state index is 12.2.